The summed E-state index contributed by atoms with van der Waals surface area (Å²) in [6.07, 6.45) is 3.71. The predicted molar refractivity (Wildman–Crippen MR) is 137 cm³/mol. The normalized spacial score (nSPS) is 15.3. The van der Waals surface area contributed by atoms with E-state index in [4.69, 9.17) is 14.2 Å². The molecule has 0 bridgehead atoms. The number of methoxy groups -OCH3 is 2. The monoisotopic (exact) mass is 508 g/mol. The third-order valence-corrected chi connectivity index (χ3v) is 6.87. The summed E-state index contributed by atoms with van der Waals surface area (Å²) in [7, 11) is 2.78. The van der Waals surface area contributed by atoms with Crippen LogP contribution in [0.4, 0.5) is 0 Å². The molecule has 1 atom stereocenters. The zero-order chi connectivity index (χ0) is 25.8. The number of ether oxygens (including phenoxy) is 3. The second-order valence-corrected chi connectivity index (χ2v) is 9.28. The van der Waals surface area contributed by atoms with Crippen molar-refractivity contribution in [2.75, 3.05) is 20.8 Å². The minimum atomic E-state index is -0.699. The number of carbonyl (C=O) groups is 1. The minimum Gasteiger partial charge on any atom is -0.504 e. The number of rotatable bonds is 8. The maximum Gasteiger partial charge on any atom is 0.338 e. The summed E-state index contributed by atoms with van der Waals surface area (Å²) < 4.78 is 18.0. The highest BCUT2D eigenvalue weighted by Crippen LogP contribution is 2.31. The van der Waals surface area contributed by atoms with Crippen LogP contribution in [0.15, 0.2) is 63.5 Å². The molecule has 0 amide bonds. The predicted octanol–water partition coefficient (Wildman–Crippen LogP) is 3.30. The van der Waals surface area contributed by atoms with E-state index in [1.54, 1.807) is 25.1 Å². The van der Waals surface area contributed by atoms with Gasteiger partial charge in [-0.1, -0.05) is 42.9 Å². The molecule has 9 heteroatoms. The van der Waals surface area contributed by atoms with Gasteiger partial charge in [-0.3, -0.25) is 9.36 Å². The first-order chi connectivity index (χ1) is 17.4. The van der Waals surface area contributed by atoms with Gasteiger partial charge >= 0.3 is 5.97 Å². The van der Waals surface area contributed by atoms with Crippen LogP contribution in [0.2, 0.25) is 0 Å². The SMILES string of the molecule is CCCCOc1ccc(C2C(C(=O)OC)=C(C)N=c3s/c(=C\c4ccc(O)c(OC)c4)c(=O)n32)cc1. The summed E-state index contributed by atoms with van der Waals surface area (Å²) in [6, 6.07) is 11.5. The van der Waals surface area contributed by atoms with Gasteiger partial charge in [-0.25, -0.2) is 9.79 Å². The molecule has 36 heavy (non-hydrogen) atoms. The van der Waals surface area contributed by atoms with Crippen molar-refractivity contribution in [1.29, 1.82) is 0 Å². The molecule has 0 saturated heterocycles. The molecule has 2 aromatic carbocycles. The number of unbranched alkanes of at least 4 members (excludes halogenated alkanes) is 1. The number of carbonyl (C=O) groups excluding carboxylic acids is 1. The van der Waals surface area contributed by atoms with Crippen LogP contribution < -0.4 is 24.4 Å². The number of allylic oxidation sites excluding steroid dienone is 1. The van der Waals surface area contributed by atoms with Gasteiger partial charge in [0.15, 0.2) is 16.3 Å². The van der Waals surface area contributed by atoms with Crippen LogP contribution in [0.1, 0.15) is 43.9 Å². The van der Waals surface area contributed by atoms with Crippen molar-refractivity contribution in [3.8, 4) is 17.2 Å². The van der Waals surface area contributed by atoms with E-state index in [1.807, 2.05) is 24.3 Å². The summed E-state index contributed by atoms with van der Waals surface area (Å²) in [6.45, 7) is 4.47. The summed E-state index contributed by atoms with van der Waals surface area (Å²) >= 11 is 1.23. The molecule has 0 radical (unpaired) electrons. The van der Waals surface area contributed by atoms with Gasteiger partial charge in [0.2, 0.25) is 0 Å². The van der Waals surface area contributed by atoms with Crippen LogP contribution in [-0.4, -0.2) is 36.5 Å². The molecule has 0 saturated carbocycles. The summed E-state index contributed by atoms with van der Waals surface area (Å²) in [5, 5.41) is 9.89. The molecule has 4 rings (SSSR count). The van der Waals surface area contributed by atoms with Gasteiger partial charge in [0.1, 0.15) is 5.75 Å². The van der Waals surface area contributed by atoms with Crippen LogP contribution in [0.3, 0.4) is 0 Å². The van der Waals surface area contributed by atoms with E-state index in [0.717, 1.165) is 24.2 Å². The number of nitrogens with zero attached hydrogens (tertiary/aromatic N) is 2. The maximum atomic E-state index is 13.6. The number of phenols is 1. The molecule has 1 unspecified atom stereocenters. The molecule has 1 N–H and O–H groups in total. The fourth-order valence-electron chi connectivity index (χ4n) is 4.02. The van der Waals surface area contributed by atoms with Crippen molar-refractivity contribution in [2.45, 2.75) is 32.7 Å². The lowest BCUT2D eigenvalue weighted by Gasteiger charge is -2.24. The van der Waals surface area contributed by atoms with Crippen LogP contribution in [0.25, 0.3) is 6.08 Å². The Balaban J connectivity index is 1.84. The van der Waals surface area contributed by atoms with E-state index in [9.17, 15) is 14.7 Å². The zero-order valence-corrected chi connectivity index (χ0v) is 21.4. The van der Waals surface area contributed by atoms with Crippen LogP contribution in [0.5, 0.6) is 17.2 Å². The van der Waals surface area contributed by atoms with Gasteiger partial charge in [0.25, 0.3) is 5.56 Å². The van der Waals surface area contributed by atoms with E-state index >= 15 is 0 Å². The molecule has 0 fully saturated rings. The number of hydrogen-bond acceptors (Lipinski definition) is 8. The first-order valence-corrected chi connectivity index (χ1v) is 12.4. The molecule has 1 aliphatic rings. The first-order valence-electron chi connectivity index (χ1n) is 11.6. The molecule has 188 valence electrons. The van der Waals surface area contributed by atoms with Gasteiger partial charge in [0, 0.05) is 0 Å². The third kappa shape index (κ3) is 4.92. The smallest absolute Gasteiger partial charge is 0.338 e. The zero-order valence-electron chi connectivity index (χ0n) is 20.6. The molecular weight excluding hydrogens is 480 g/mol. The fraction of sp³-hybridized carbons (Fsp3) is 0.296. The lowest BCUT2D eigenvalue weighted by molar-refractivity contribution is -0.136. The third-order valence-electron chi connectivity index (χ3n) is 5.89. The molecular formula is C27H28N2O6S. The second-order valence-electron chi connectivity index (χ2n) is 8.28. The molecule has 2 heterocycles. The fourth-order valence-corrected chi connectivity index (χ4v) is 5.07. The number of phenolic OH excluding ortho intramolecular Hbond substituents is 1. The van der Waals surface area contributed by atoms with Gasteiger partial charge < -0.3 is 19.3 Å². The standard InChI is InChI=1S/C27H28N2O6S/c1-5-6-13-35-19-10-8-18(9-11-19)24-23(26(32)34-4)16(2)28-27-29(24)25(31)22(36-27)15-17-7-12-20(30)21(14-17)33-3/h7-12,14-15,24,30H,5-6,13H2,1-4H3/b22-15-. The van der Waals surface area contributed by atoms with E-state index in [-0.39, 0.29) is 11.3 Å². The molecule has 8 nitrogen and oxygen atoms in total. The van der Waals surface area contributed by atoms with Gasteiger partial charge in [-0.15, -0.1) is 0 Å². The highest BCUT2D eigenvalue weighted by Gasteiger charge is 2.33. The number of hydrogen-bond donors (Lipinski definition) is 1. The lowest BCUT2D eigenvalue weighted by Crippen LogP contribution is -2.39. The Morgan fingerprint density at radius 3 is 2.61 bits per heavy atom. The largest absolute Gasteiger partial charge is 0.504 e. The Labute approximate surface area is 212 Å². The van der Waals surface area contributed by atoms with Crippen molar-refractivity contribution < 1.29 is 24.1 Å². The topological polar surface area (TPSA) is 99.4 Å². The van der Waals surface area contributed by atoms with Gasteiger partial charge in [-0.2, -0.15) is 0 Å². The number of aromatic nitrogens is 1. The summed E-state index contributed by atoms with van der Waals surface area (Å²) in [5.74, 6) is 0.499. The maximum absolute atomic E-state index is 13.6. The molecule has 3 aromatic rings. The highest BCUT2D eigenvalue weighted by atomic mass is 32.1. The van der Waals surface area contributed by atoms with Crippen molar-refractivity contribution >= 4 is 23.4 Å². The van der Waals surface area contributed by atoms with Crippen LogP contribution in [0, 0.1) is 0 Å². The molecule has 1 aliphatic heterocycles. The number of esters is 1. The van der Waals surface area contributed by atoms with Gasteiger partial charge in [0.05, 0.1) is 42.7 Å². The first kappa shape index (κ1) is 25.2. The quantitative estimate of drug-likeness (QED) is 0.370. The highest BCUT2D eigenvalue weighted by molar-refractivity contribution is 7.07. The lowest BCUT2D eigenvalue weighted by atomic mass is 9.96. The van der Waals surface area contributed by atoms with Gasteiger partial charge in [-0.05, 0) is 54.8 Å². The van der Waals surface area contributed by atoms with E-state index in [2.05, 4.69) is 11.9 Å². The Morgan fingerprint density at radius 2 is 1.94 bits per heavy atom. The van der Waals surface area contributed by atoms with E-state index in [0.29, 0.717) is 38.5 Å². The summed E-state index contributed by atoms with van der Waals surface area (Å²) in [4.78, 5) is 31.5. The molecule has 0 spiro atoms. The van der Waals surface area contributed by atoms with E-state index < -0.39 is 12.0 Å². The Bertz CT molecular complexity index is 1480. The average Bonchev–Trinajstić information content (AvgIpc) is 3.18. The number of aromatic hydroxyl groups is 1. The second kappa shape index (κ2) is 10.8. The average molecular weight is 509 g/mol. The number of fused-ring (bicyclic) bond motifs is 1. The molecule has 0 aliphatic carbocycles. The van der Waals surface area contributed by atoms with Crippen LogP contribution >= 0.6 is 11.3 Å². The Hall–Kier alpha value is -3.85. The Kier molecular flexibility index (Phi) is 7.59. The minimum absolute atomic E-state index is 0.0107. The summed E-state index contributed by atoms with van der Waals surface area (Å²) in [5.41, 5.74) is 1.94. The Morgan fingerprint density at radius 1 is 1.19 bits per heavy atom. The van der Waals surface area contributed by atoms with Crippen molar-refractivity contribution in [1.82, 2.24) is 4.57 Å². The van der Waals surface area contributed by atoms with Crippen molar-refractivity contribution in [3.63, 3.8) is 0 Å². The number of benzene rings is 2. The van der Waals surface area contributed by atoms with Crippen molar-refractivity contribution in [3.05, 3.63) is 84.5 Å². The molecule has 1 aromatic heterocycles. The van der Waals surface area contributed by atoms with Crippen LogP contribution in [-0.2, 0) is 9.53 Å². The number of thiazole rings is 1. The van der Waals surface area contributed by atoms with Crippen molar-refractivity contribution in [2.24, 2.45) is 4.99 Å². The van der Waals surface area contributed by atoms with E-state index in [1.165, 1.54) is 36.2 Å².